The SMILES string of the molecule is C=CCN(Cc1cccn1Cc1ccccc1C)C(=O)CN(C(=O)c1ccc(F)cc1)C1CC1. The van der Waals surface area contributed by atoms with E-state index in [1.807, 2.05) is 30.5 Å². The molecule has 1 aliphatic rings. The first-order valence-corrected chi connectivity index (χ1v) is 11.6. The van der Waals surface area contributed by atoms with E-state index < -0.39 is 5.82 Å². The third-order valence-electron chi connectivity index (χ3n) is 6.23. The van der Waals surface area contributed by atoms with Gasteiger partial charge in [-0.25, -0.2) is 4.39 Å². The molecule has 1 heterocycles. The number of halogens is 1. The summed E-state index contributed by atoms with van der Waals surface area (Å²) in [4.78, 5) is 29.7. The molecule has 0 aliphatic heterocycles. The van der Waals surface area contributed by atoms with Crippen LogP contribution in [-0.2, 0) is 17.9 Å². The van der Waals surface area contributed by atoms with Gasteiger partial charge in [0.15, 0.2) is 0 Å². The van der Waals surface area contributed by atoms with Gasteiger partial charge in [0.2, 0.25) is 5.91 Å². The van der Waals surface area contributed by atoms with Crippen LogP contribution < -0.4 is 0 Å². The van der Waals surface area contributed by atoms with Gasteiger partial charge in [0.05, 0.1) is 6.54 Å². The van der Waals surface area contributed by atoms with Crippen LogP contribution in [0.3, 0.4) is 0 Å². The second-order valence-electron chi connectivity index (χ2n) is 8.79. The first-order valence-electron chi connectivity index (χ1n) is 11.6. The van der Waals surface area contributed by atoms with Crippen LogP contribution >= 0.6 is 0 Å². The van der Waals surface area contributed by atoms with Crippen molar-refractivity contribution in [1.82, 2.24) is 14.4 Å². The number of nitrogens with zero attached hydrogens (tertiary/aromatic N) is 3. The average molecular weight is 460 g/mol. The minimum Gasteiger partial charge on any atom is -0.345 e. The van der Waals surface area contributed by atoms with Crippen molar-refractivity contribution in [3.05, 3.63) is 108 Å². The third-order valence-corrected chi connectivity index (χ3v) is 6.23. The van der Waals surface area contributed by atoms with E-state index in [0.717, 1.165) is 25.1 Å². The van der Waals surface area contributed by atoms with Crippen molar-refractivity contribution >= 4 is 11.8 Å². The van der Waals surface area contributed by atoms with Crippen LogP contribution in [0.2, 0.25) is 0 Å². The van der Waals surface area contributed by atoms with Crippen LogP contribution in [0.5, 0.6) is 0 Å². The Labute approximate surface area is 200 Å². The van der Waals surface area contributed by atoms with E-state index in [1.165, 1.54) is 35.4 Å². The van der Waals surface area contributed by atoms with Gasteiger partial charge in [0.25, 0.3) is 5.91 Å². The Morgan fingerprint density at radius 3 is 2.50 bits per heavy atom. The molecule has 4 rings (SSSR count). The highest BCUT2D eigenvalue weighted by Gasteiger charge is 2.35. The van der Waals surface area contributed by atoms with Crippen LogP contribution in [0.1, 0.15) is 40.0 Å². The Balaban J connectivity index is 1.48. The number of benzene rings is 2. The lowest BCUT2D eigenvalue weighted by molar-refractivity contribution is -0.132. The molecule has 0 unspecified atom stereocenters. The van der Waals surface area contributed by atoms with Crippen LogP contribution in [0.15, 0.2) is 79.5 Å². The largest absolute Gasteiger partial charge is 0.345 e. The maximum absolute atomic E-state index is 13.3. The van der Waals surface area contributed by atoms with Crippen molar-refractivity contribution in [3.8, 4) is 0 Å². The topological polar surface area (TPSA) is 45.6 Å². The Morgan fingerprint density at radius 1 is 1.09 bits per heavy atom. The molecule has 1 saturated carbocycles. The van der Waals surface area contributed by atoms with Crippen molar-refractivity contribution in [2.45, 2.75) is 38.9 Å². The summed E-state index contributed by atoms with van der Waals surface area (Å²) in [5, 5.41) is 0. The summed E-state index contributed by atoms with van der Waals surface area (Å²) in [5.41, 5.74) is 3.86. The van der Waals surface area contributed by atoms with Gasteiger partial charge in [-0.1, -0.05) is 30.3 Å². The highest BCUT2D eigenvalue weighted by Crippen LogP contribution is 2.28. The van der Waals surface area contributed by atoms with Gasteiger partial charge in [-0.15, -0.1) is 6.58 Å². The van der Waals surface area contributed by atoms with E-state index in [9.17, 15) is 14.0 Å². The molecule has 6 heteroatoms. The zero-order chi connectivity index (χ0) is 24.1. The van der Waals surface area contributed by atoms with Crippen molar-refractivity contribution in [1.29, 1.82) is 0 Å². The van der Waals surface area contributed by atoms with Gasteiger partial charge >= 0.3 is 0 Å². The van der Waals surface area contributed by atoms with Gasteiger partial charge in [-0.2, -0.15) is 0 Å². The number of aromatic nitrogens is 1. The summed E-state index contributed by atoms with van der Waals surface area (Å²) < 4.78 is 15.4. The Hall–Kier alpha value is -3.67. The summed E-state index contributed by atoms with van der Waals surface area (Å²) in [5.74, 6) is -0.764. The monoisotopic (exact) mass is 459 g/mol. The Morgan fingerprint density at radius 2 is 1.82 bits per heavy atom. The van der Waals surface area contributed by atoms with Crippen LogP contribution in [0, 0.1) is 12.7 Å². The predicted molar refractivity (Wildman–Crippen MR) is 131 cm³/mol. The summed E-state index contributed by atoms with van der Waals surface area (Å²) in [6.07, 6.45) is 5.48. The summed E-state index contributed by atoms with van der Waals surface area (Å²) >= 11 is 0. The molecule has 0 bridgehead atoms. The molecule has 1 fully saturated rings. The normalized spacial score (nSPS) is 12.9. The van der Waals surface area contributed by atoms with Gasteiger partial charge < -0.3 is 14.4 Å². The standard InChI is InChI=1S/C28H30FN3O2/c1-3-16-31(19-26-9-6-17-30(26)18-23-8-5-4-7-21(23)2)27(33)20-32(25-14-15-25)28(34)22-10-12-24(29)13-11-22/h3-13,17,25H,1,14-16,18-20H2,2H3. The number of carbonyl (C=O) groups excluding carboxylic acids is 2. The van der Waals surface area contributed by atoms with E-state index >= 15 is 0 Å². The minimum atomic E-state index is -0.392. The molecule has 0 N–H and O–H groups in total. The van der Waals surface area contributed by atoms with Crippen molar-refractivity contribution < 1.29 is 14.0 Å². The molecule has 2 aromatic carbocycles. The molecule has 0 spiro atoms. The fraction of sp³-hybridized carbons (Fsp3) is 0.286. The molecule has 3 aromatic rings. The fourth-order valence-electron chi connectivity index (χ4n) is 4.08. The maximum Gasteiger partial charge on any atom is 0.254 e. The summed E-state index contributed by atoms with van der Waals surface area (Å²) in [6.45, 7) is 7.44. The molecule has 0 radical (unpaired) electrons. The third kappa shape index (κ3) is 5.63. The molecule has 1 aliphatic carbocycles. The minimum absolute atomic E-state index is 0.00673. The Bertz CT molecular complexity index is 1160. The molecular weight excluding hydrogens is 429 g/mol. The summed E-state index contributed by atoms with van der Waals surface area (Å²) in [7, 11) is 0. The van der Waals surface area contributed by atoms with E-state index in [4.69, 9.17) is 0 Å². The van der Waals surface area contributed by atoms with Crippen molar-refractivity contribution in [2.75, 3.05) is 13.1 Å². The van der Waals surface area contributed by atoms with Gasteiger partial charge in [0, 0.05) is 36.6 Å². The first-order chi connectivity index (χ1) is 16.5. The van der Waals surface area contributed by atoms with Crippen molar-refractivity contribution in [2.24, 2.45) is 0 Å². The molecule has 176 valence electrons. The van der Waals surface area contributed by atoms with Crippen LogP contribution in [0.4, 0.5) is 4.39 Å². The zero-order valence-corrected chi connectivity index (χ0v) is 19.5. The molecule has 0 atom stereocenters. The number of hydrogen-bond acceptors (Lipinski definition) is 2. The second-order valence-corrected chi connectivity index (χ2v) is 8.79. The first kappa shape index (κ1) is 23.5. The molecule has 0 saturated heterocycles. The lowest BCUT2D eigenvalue weighted by Crippen LogP contribution is -2.44. The highest BCUT2D eigenvalue weighted by atomic mass is 19.1. The molecular formula is C28H30FN3O2. The molecule has 34 heavy (non-hydrogen) atoms. The van der Waals surface area contributed by atoms with Crippen LogP contribution in [0.25, 0.3) is 0 Å². The zero-order valence-electron chi connectivity index (χ0n) is 19.5. The molecule has 1 aromatic heterocycles. The van der Waals surface area contributed by atoms with E-state index in [1.54, 1.807) is 15.9 Å². The van der Waals surface area contributed by atoms with E-state index in [-0.39, 0.29) is 24.4 Å². The molecule has 2 amide bonds. The maximum atomic E-state index is 13.3. The van der Waals surface area contributed by atoms with Gasteiger partial charge in [-0.3, -0.25) is 9.59 Å². The number of carbonyl (C=O) groups is 2. The quantitative estimate of drug-likeness (QED) is 0.409. The van der Waals surface area contributed by atoms with Crippen molar-refractivity contribution in [3.63, 3.8) is 0 Å². The van der Waals surface area contributed by atoms with Gasteiger partial charge in [-0.05, 0) is 67.3 Å². The average Bonchev–Trinajstić information content (AvgIpc) is 3.58. The number of hydrogen-bond donors (Lipinski definition) is 0. The number of rotatable bonds is 10. The lowest BCUT2D eigenvalue weighted by atomic mass is 10.1. The van der Waals surface area contributed by atoms with Crippen LogP contribution in [-0.4, -0.2) is 45.3 Å². The Kier molecular flexibility index (Phi) is 7.26. The second kappa shape index (κ2) is 10.5. The smallest absolute Gasteiger partial charge is 0.254 e. The summed E-state index contributed by atoms with van der Waals surface area (Å²) in [6, 6.07) is 17.8. The van der Waals surface area contributed by atoms with Gasteiger partial charge in [0.1, 0.15) is 12.4 Å². The number of aryl methyl sites for hydroxylation is 1. The highest BCUT2D eigenvalue weighted by molar-refractivity contribution is 5.97. The lowest BCUT2D eigenvalue weighted by Gasteiger charge is -2.27. The predicted octanol–water partition coefficient (Wildman–Crippen LogP) is 4.80. The van der Waals surface area contributed by atoms with E-state index in [0.29, 0.717) is 18.7 Å². The fourth-order valence-corrected chi connectivity index (χ4v) is 4.08. The molecule has 5 nitrogen and oxygen atoms in total. The van der Waals surface area contributed by atoms with E-state index in [2.05, 4.69) is 30.2 Å². The number of amides is 2.